The molecule has 0 saturated heterocycles. The topological polar surface area (TPSA) is 35.5 Å². The molecule has 0 aromatic carbocycles. The first kappa shape index (κ1) is 16.5. The van der Waals surface area contributed by atoms with Crippen molar-refractivity contribution in [3.63, 3.8) is 0 Å². The van der Waals surface area contributed by atoms with Gasteiger partial charge in [0.1, 0.15) is 11.5 Å². The molecule has 0 unspecified atom stereocenters. The number of hydrogen-bond acceptors (Lipinski definition) is 3. The molecule has 0 aliphatic heterocycles. The fourth-order valence-electron chi connectivity index (χ4n) is 1.60. The summed E-state index contributed by atoms with van der Waals surface area (Å²) in [7, 11) is 1.62. The third-order valence-electron chi connectivity index (χ3n) is 2.34. The van der Waals surface area contributed by atoms with Crippen molar-refractivity contribution >= 4 is 5.97 Å². The molecule has 0 aromatic heterocycles. The molecule has 0 atom stereocenters. The third kappa shape index (κ3) is 5.71. The van der Waals surface area contributed by atoms with Gasteiger partial charge in [-0.3, -0.25) is 4.79 Å². The highest BCUT2D eigenvalue weighted by Crippen LogP contribution is 2.30. The number of methoxy groups -OCH3 is 1. The van der Waals surface area contributed by atoms with E-state index in [2.05, 4.69) is 20.8 Å². The molecular weight excluding hydrogens is 228 g/mol. The van der Waals surface area contributed by atoms with Crippen LogP contribution in [0.2, 0.25) is 0 Å². The number of carbonyl (C=O) groups is 1. The van der Waals surface area contributed by atoms with Crippen LogP contribution in [0.1, 0.15) is 41.5 Å². The van der Waals surface area contributed by atoms with Crippen LogP contribution in [0.4, 0.5) is 0 Å². The van der Waals surface area contributed by atoms with Crippen LogP contribution in [0.3, 0.4) is 0 Å². The van der Waals surface area contributed by atoms with Gasteiger partial charge < -0.3 is 9.47 Å². The highest BCUT2D eigenvalue weighted by atomic mass is 16.5. The van der Waals surface area contributed by atoms with Crippen molar-refractivity contribution in [3.8, 4) is 0 Å². The highest BCUT2D eigenvalue weighted by molar-refractivity contribution is 5.67. The molecular formula is C15H24O3. The molecule has 0 aliphatic rings. The largest absolute Gasteiger partial charge is 0.497 e. The Kier molecular flexibility index (Phi) is 6.45. The van der Waals surface area contributed by atoms with Gasteiger partial charge in [-0.15, -0.1) is 0 Å². The van der Waals surface area contributed by atoms with Crippen molar-refractivity contribution in [1.29, 1.82) is 0 Å². The number of carbonyl (C=O) groups excluding carboxylic acids is 1. The molecule has 0 aliphatic carbocycles. The summed E-state index contributed by atoms with van der Waals surface area (Å²) in [4.78, 5) is 11.0. The van der Waals surface area contributed by atoms with Gasteiger partial charge in [0.25, 0.3) is 0 Å². The number of esters is 1. The van der Waals surface area contributed by atoms with Gasteiger partial charge in [-0.25, -0.2) is 0 Å². The zero-order chi connectivity index (χ0) is 14.3. The van der Waals surface area contributed by atoms with E-state index in [-0.39, 0.29) is 11.4 Å². The summed E-state index contributed by atoms with van der Waals surface area (Å²) in [6.45, 7) is 11.3. The molecule has 0 bridgehead atoms. The van der Waals surface area contributed by atoms with E-state index in [1.807, 2.05) is 25.2 Å². The smallest absolute Gasteiger partial charge is 0.307 e. The molecule has 0 saturated carbocycles. The van der Waals surface area contributed by atoms with Gasteiger partial charge in [0.05, 0.1) is 7.11 Å². The van der Waals surface area contributed by atoms with Crippen LogP contribution in [0.5, 0.6) is 0 Å². The molecule has 0 N–H and O–H groups in total. The van der Waals surface area contributed by atoms with Crippen LogP contribution < -0.4 is 0 Å². The SMILES string of the molecule is C\C=C/C(=C\C(=C(/C)OC(C)=O)C(C)(C)C)OC. The van der Waals surface area contributed by atoms with Gasteiger partial charge in [-0.1, -0.05) is 26.8 Å². The molecule has 0 rings (SSSR count). The van der Waals surface area contributed by atoms with Crippen molar-refractivity contribution in [3.05, 3.63) is 35.3 Å². The van der Waals surface area contributed by atoms with Gasteiger partial charge in [0, 0.05) is 6.92 Å². The van der Waals surface area contributed by atoms with E-state index in [1.54, 1.807) is 14.0 Å². The Bertz CT molecular complexity index is 379. The van der Waals surface area contributed by atoms with E-state index in [4.69, 9.17) is 9.47 Å². The first-order valence-corrected chi connectivity index (χ1v) is 6.00. The van der Waals surface area contributed by atoms with Crippen molar-refractivity contribution in [2.45, 2.75) is 41.5 Å². The molecule has 0 fully saturated rings. The summed E-state index contributed by atoms with van der Waals surface area (Å²) < 4.78 is 10.5. The van der Waals surface area contributed by atoms with Gasteiger partial charge in [-0.2, -0.15) is 0 Å². The lowest BCUT2D eigenvalue weighted by Crippen LogP contribution is -2.13. The molecule has 0 spiro atoms. The zero-order valence-electron chi connectivity index (χ0n) is 12.5. The fourth-order valence-corrected chi connectivity index (χ4v) is 1.60. The number of ether oxygens (including phenoxy) is 2. The minimum absolute atomic E-state index is 0.134. The van der Waals surface area contributed by atoms with Crippen molar-refractivity contribution in [2.75, 3.05) is 7.11 Å². The molecule has 0 aromatic rings. The summed E-state index contributed by atoms with van der Waals surface area (Å²) in [6, 6.07) is 0. The molecule has 3 heteroatoms. The monoisotopic (exact) mass is 252 g/mol. The fraction of sp³-hybridized carbons (Fsp3) is 0.533. The van der Waals surface area contributed by atoms with Crippen LogP contribution in [0.15, 0.2) is 35.3 Å². The molecule has 18 heavy (non-hydrogen) atoms. The molecule has 0 radical (unpaired) electrons. The second-order valence-electron chi connectivity index (χ2n) is 5.06. The molecule has 0 amide bonds. The Morgan fingerprint density at radius 1 is 1.17 bits per heavy atom. The number of rotatable bonds is 4. The average Bonchev–Trinajstić information content (AvgIpc) is 2.20. The summed E-state index contributed by atoms with van der Waals surface area (Å²) in [6.07, 6.45) is 5.67. The van der Waals surface area contributed by atoms with Crippen LogP contribution in [0.25, 0.3) is 0 Å². The average molecular weight is 252 g/mol. The predicted molar refractivity (Wildman–Crippen MR) is 73.8 cm³/mol. The third-order valence-corrected chi connectivity index (χ3v) is 2.34. The highest BCUT2D eigenvalue weighted by Gasteiger charge is 2.20. The van der Waals surface area contributed by atoms with Crippen LogP contribution in [-0.4, -0.2) is 13.1 Å². The predicted octanol–water partition coefficient (Wildman–Crippen LogP) is 3.98. The van der Waals surface area contributed by atoms with E-state index >= 15 is 0 Å². The first-order valence-electron chi connectivity index (χ1n) is 6.00. The summed E-state index contributed by atoms with van der Waals surface area (Å²) >= 11 is 0. The lowest BCUT2D eigenvalue weighted by atomic mass is 9.85. The van der Waals surface area contributed by atoms with E-state index in [0.29, 0.717) is 5.76 Å². The van der Waals surface area contributed by atoms with E-state index in [9.17, 15) is 4.79 Å². The van der Waals surface area contributed by atoms with Crippen molar-refractivity contribution < 1.29 is 14.3 Å². The first-order chi connectivity index (χ1) is 8.22. The molecule has 102 valence electrons. The van der Waals surface area contributed by atoms with Crippen molar-refractivity contribution in [1.82, 2.24) is 0 Å². The maximum atomic E-state index is 11.0. The Morgan fingerprint density at radius 2 is 1.72 bits per heavy atom. The number of hydrogen-bond donors (Lipinski definition) is 0. The summed E-state index contributed by atoms with van der Waals surface area (Å²) in [5, 5.41) is 0. The van der Waals surface area contributed by atoms with Gasteiger partial charge in [0.2, 0.25) is 0 Å². The Labute approximate surface area is 110 Å². The molecule has 0 heterocycles. The van der Waals surface area contributed by atoms with Gasteiger partial charge in [0.15, 0.2) is 0 Å². The summed E-state index contributed by atoms with van der Waals surface area (Å²) in [5.41, 5.74) is 0.804. The standard InChI is InChI=1S/C15H24O3/c1-8-9-13(17-7)10-14(15(4,5)6)11(2)18-12(3)16/h8-10H,1-7H3/b9-8-,13-10+,14-11-. The van der Waals surface area contributed by atoms with E-state index in [0.717, 1.165) is 11.3 Å². The number of allylic oxidation sites excluding steroid dienone is 5. The maximum Gasteiger partial charge on any atom is 0.307 e. The lowest BCUT2D eigenvalue weighted by molar-refractivity contribution is -0.136. The van der Waals surface area contributed by atoms with Gasteiger partial charge >= 0.3 is 5.97 Å². The maximum absolute atomic E-state index is 11.0. The van der Waals surface area contributed by atoms with Gasteiger partial charge in [-0.05, 0) is 37.0 Å². The lowest BCUT2D eigenvalue weighted by Gasteiger charge is -2.23. The zero-order valence-corrected chi connectivity index (χ0v) is 12.5. The Balaban J connectivity index is 5.58. The van der Waals surface area contributed by atoms with E-state index in [1.165, 1.54) is 6.92 Å². The minimum atomic E-state index is -0.312. The van der Waals surface area contributed by atoms with Crippen LogP contribution in [0, 0.1) is 5.41 Å². The van der Waals surface area contributed by atoms with Crippen molar-refractivity contribution in [2.24, 2.45) is 5.41 Å². The second kappa shape index (κ2) is 7.04. The Morgan fingerprint density at radius 3 is 2.06 bits per heavy atom. The quantitative estimate of drug-likeness (QED) is 0.431. The van der Waals surface area contributed by atoms with Crippen LogP contribution >= 0.6 is 0 Å². The van der Waals surface area contributed by atoms with E-state index < -0.39 is 0 Å². The minimum Gasteiger partial charge on any atom is -0.497 e. The molecule has 3 nitrogen and oxygen atoms in total. The summed E-state index contributed by atoms with van der Waals surface area (Å²) in [5.74, 6) is 1.02. The Hall–Kier alpha value is -1.51. The normalized spacial score (nSPS) is 14.5. The second-order valence-corrected chi connectivity index (χ2v) is 5.06. The van der Waals surface area contributed by atoms with Crippen LogP contribution in [-0.2, 0) is 14.3 Å².